The van der Waals surface area contributed by atoms with Gasteiger partial charge >= 0.3 is 0 Å². The fraction of sp³-hybridized carbons (Fsp3) is 0.538. The molecule has 0 aliphatic rings. The van der Waals surface area contributed by atoms with Gasteiger partial charge in [-0.1, -0.05) is 37.9 Å². The zero-order chi connectivity index (χ0) is 14.4. The van der Waals surface area contributed by atoms with Crippen LogP contribution in [0.1, 0.15) is 25.8 Å². The van der Waals surface area contributed by atoms with Crippen LogP contribution in [-0.2, 0) is 6.54 Å². The summed E-state index contributed by atoms with van der Waals surface area (Å²) >= 11 is 5.73. The molecule has 5 nitrogen and oxygen atoms in total. The Kier molecular flexibility index (Phi) is 6.21. The van der Waals surface area contributed by atoms with E-state index in [1.165, 1.54) is 12.1 Å². The second kappa shape index (κ2) is 7.43. The van der Waals surface area contributed by atoms with Crippen LogP contribution in [0.25, 0.3) is 0 Å². The Morgan fingerprint density at radius 2 is 2.21 bits per heavy atom. The molecule has 1 aromatic rings. The molecule has 0 aliphatic carbocycles. The minimum atomic E-state index is -0.500. The lowest BCUT2D eigenvalue weighted by atomic mass is 10.0. The zero-order valence-electron chi connectivity index (χ0n) is 11.1. The number of benzene rings is 1. The highest BCUT2D eigenvalue weighted by atomic mass is 35.5. The van der Waals surface area contributed by atoms with E-state index in [9.17, 15) is 15.2 Å². The number of nitro groups is 1. The number of hydrogen-bond acceptors (Lipinski definition) is 4. The van der Waals surface area contributed by atoms with E-state index < -0.39 is 11.0 Å². The van der Waals surface area contributed by atoms with Crippen LogP contribution in [-0.4, -0.2) is 22.7 Å². The van der Waals surface area contributed by atoms with E-state index in [0.717, 1.165) is 12.0 Å². The maximum absolute atomic E-state index is 10.7. The quantitative estimate of drug-likeness (QED) is 0.597. The third-order valence-electron chi connectivity index (χ3n) is 3.19. The molecule has 2 unspecified atom stereocenters. The second-order valence-corrected chi connectivity index (χ2v) is 5.03. The number of rotatable bonds is 7. The Morgan fingerprint density at radius 3 is 2.79 bits per heavy atom. The van der Waals surface area contributed by atoms with Gasteiger partial charge in [0.1, 0.15) is 5.02 Å². The van der Waals surface area contributed by atoms with Crippen LogP contribution in [0.5, 0.6) is 0 Å². The summed E-state index contributed by atoms with van der Waals surface area (Å²) in [6.07, 6.45) is 0.502. The average molecular weight is 287 g/mol. The van der Waals surface area contributed by atoms with Crippen molar-refractivity contribution in [2.45, 2.75) is 32.9 Å². The number of aliphatic hydroxyl groups is 1. The molecule has 0 bridgehead atoms. The summed E-state index contributed by atoms with van der Waals surface area (Å²) in [7, 11) is 0. The molecule has 2 atom stereocenters. The van der Waals surface area contributed by atoms with Crippen LogP contribution < -0.4 is 5.32 Å². The molecule has 6 heteroatoms. The molecule has 106 valence electrons. The van der Waals surface area contributed by atoms with E-state index in [0.29, 0.717) is 13.1 Å². The molecule has 0 saturated carbocycles. The first-order valence-electron chi connectivity index (χ1n) is 6.27. The van der Waals surface area contributed by atoms with E-state index in [1.54, 1.807) is 6.07 Å². The number of nitrogens with one attached hydrogen (secondary N) is 1. The number of hydrogen-bond donors (Lipinski definition) is 2. The number of nitro benzene ring substituents is 1. The molecule has 1 aromatic carbocycles. The molecule has 0 radical (unpaired) electrons. The molecule has 1 rings (SSSR count). The summed E-state index contributed by atoms with van der Waals surface area (Å²) in [6, 6.07) is 4.70. The third kappa shape index (κ3) is 4.78. The van der Waals surface area contributed by atoms with Crippen molar-refractivity contribution < 1.29 is 10.0 Å². The summed E-state index contributed by atoms with van der Waals surface area (Å²) in [5, 5.41) is 23.8. The maximum Gasteiger partial charge on any atom is 0.288 e. The summed E-state index contributed by atoms with van der Waals surface area (Å²) in [5.74, 6) is 0.229. The van der Waals surface area contributed by atoms with Crippen LogP contribution in [0.4, 0.5) is 5.69 Å². The smallest absolute Gasteiger partial charge is 0.288 e. The Hall–Kier alpha value is -1.17. The molecular formula is C13H19ClN2O3. The van der Waals surface area contributed by atoms with E-state index >= 15 is 0 Å². The molecule has 2 N–H and O–H groups in total. The van der Waals surface area contributed by atoms with Crippen LogP contribution in [0.15, 0.2) is 18.2 Å². The number of halogens is 1. The summed E-state index contributed by atoms with van der Waals surface area (Å²) < 4.78 is 0. The monoisotopic (exact) mass is 286 g/mol. The van der Waals surface area contributed by atoms with Gasteiger partial charge < -0.3 is 10.4 Å². The van der Waals surface area contributed by atoms with Crippen LogP contribution in [0.2, 0.25) is 5.02 Å². The topological polar surface area (TPSA) is 75.4 Å². The molecule has 0 spiro atoms. The minimum Gasteiger partial charge on any atom is -0.392 e. The van der Waals surface area contributed by atoms with Gasteiger partial charge in [0, 0.05) is 19.2 Å². The molecule has 0 saturated heterocycles. The van der Waals surface area contributed by atoms with Crippen molar-refractivity contribution in [3.63, 3.8) is 0 Å². The lowest BCUT2D eigenvalue weighted by molar-refractivity contribution is -0.384. The zero-order valence-corrected chi connectivity index (χ0v) is 11.9. The lowest BCUT2D eigenvalue weighted by Gasteiger charge is -2.17. The van der Waals surface area contributed by atoms with Crippen LogP contribution in [0, 0.1) is 16.0 Å². The summed E-state index contributed by atoms with van der Waals surface area (Å²) in [6.45, 7) is 4.94. The van der Waals surface area contributed by atoms with Gasteiger partial charge in [-0.2, -0.15) is 0 Å². The highest BCUT2D eigenvalue weighted by molar-refractivity contribution is 6.32. The summed E-state index contributed by atoms with van der Waals surface area (Å²) in [4.78, 5) is 10.2. The van der Waals surface area contributed by atoms with E-state index in [1.807, 2.05) is 13.8 Å². The molecule has 0 amide bonds. The van der Waals surface area contributed by atoms with E-state index in [2.05, 4.69) is 5.32 Å². The SMILES string of the molecule is CCC(C)C(O)CNCc1ccc(Cl)c([N+](=O)[O-])c1. The maximum atomic E-state index is 10.7. The largest absolute Gasteiger partial charge is 0.392 e. The predicted molar refractivity (Wildman–Crippen MR) is 75.3 cm³/mol. The van der Waals surface area contributed by atoms with E-state index in [4.69, 9.17) is 11.6 Å². The Bertz CT molecular complexity index is 440. The van der Waals surface area contributed by atoms with Crippen molar-refractivity contribution in [1.29, 1.82) is 0 Å². The highest BCUT2D eigenvalue weighted by Crippen LogP contribution is 2.24. The number of aliphatic hydroxyl groups excluding tert-OH is 1. The minimum absolute atomic E-state index is 0.0940. The molecule has 0 aromatic heterocycles. The van der Waals surface area contributed by atoms with Gasteiger partial charge in [-0.3, -0.25) is 10.1 Å². The van der Waals surface area contributed by atoms with Crippen LogP contribution >= 0.6 is 11.6 Å². The molecular weight excluding hydrogens is 268 g/mol. The van der Waals surface area contributed by atoms with Gasteiger partial charge in [0.2, 0.25) is 0 Å². The van der Waals surface area contributed by atoms with Gasteiger partial charge in [-0.25, -0.2) is 0 Å². The van der Waals surface area contributed by atoms with Crippen molar-refractivity contribution in [2.75, 3.05) is 6.54 Å². The highest BCUT2D eigenvalue weighted by Gasteiger charge is 2.14. The van der Waals surface area contributed by atoms with Crippen LogP contribution in [0.3, 0.4) is 0 Å². The van der Waals surface area contributed by atoms with Crippen molar-refractivity contribution in [2.24, 2.45) is 5.92 Å². The molecule has 0 aliphatic heterocycles. The van der Waals surface area contributed by atoms with Crippen molar-refractivity contribution in [3.8, 4) is 0 Å². The fourth-order valence-electron chi connectivity index (χ4n) is 1.65. The van der Waals surface area contributed by atoms with Gasteiger partial charge in [0.05, 0.1) is 11.0 Å². The van der Waals surface area contributed by atoms with Gasteiger partial charge in [0.25, 0.3) is 5.69 Å². The number of nitrogens with zero attached hydrogens (tertiary/aromatic N) is 1. The van der Waals surface area contributed by atoms with Gasteiger partial charge in [-0.15, -0.1) is 0 Å². The van der Waals surface area contributed by atoms with Gasteiger partial charge in [-0.05, 0) is 17.5 Å². The fourth-order valence-corrected chi connectivity index (χ4v) is 1.83. The third-order valence-corrected chi connectivity index (χ3v) is 3.51. The standard InChI is InChI=1S/C13H19ClN2O3/c1-3-9(2)13(17)8-15-7-10-4-5-11(14)12(6-10)16(18)19/h4-6,9,13,15,17H,3,7-8H2,1-2H3. The van der Waals surface area contributed by atoms with Crippen molar-refractivity contribution >= 4 is 17.3 Å². The van der Waals surface area contributed by atoms with Crippen molar-refractivity contribution in [1.82, 2.24) is 5.32 Å². The first kappa shape index (κ1) is 15.9. The Morgan fingerprint density at radius 1 is 1.53 bits per heavy atom. The molecule has 0 heterocycles. The van der Waals surface area contributed by atoms with E-state index in [-0.39, 0.29) is 16.6 Å². The molecule has 19 heavy (non-hydrogen) atoms. The van der Waals surface area contributed by atoms with Gasteiger partial charge in [0.15, 0.2) is 0 Å². The first-order chi connectivity index (χ1) is 8.95. The predicted octanol–water partition coefficient (Wildman–Crippen LogP) is 2.74. The van der Waals surface area contributed by atoms with Crippen molar-refractivity contribution in [3.05, 3.63) is 38.9 Å². The second-order valence-electron chi connectivity index (χ2n) is 4.63. The Labute approximate surface area is 117 Å². The summed E-state index contributed by atoms with van der Waals surface area (Å²) in [5.41, 5.74) is 0.677. The lowest BCUT2D eigenvalue weighted by Crippen LogP contribution is -2.31. The first-order valence-corrected chi connectivity index (χ1v) is 6.65. The normalized spacial score (nSPS) is 14.1. The molecule has 0 fully saturated rings. The average Bonchev–Trinajstić information content (AvgIpc) is 2.39. The Balaban J connectivity index is 2.54.